The van der Waals surface area contributed by atoms with Crippen molar-refractivity contribution in [3.63, 3.8) is 0 Å². The quantitative estimate of drug-likeness (QED) is 0.910. The molecule has 0 aliphatic rings. The van der Waals surface area contributed by atoms with E-state index in [1.54, 1.807) is 22.8 Å². The number of carbonyl (C=O) groups is 1. The number of hydrogen-bond acceptors (Lipinski definition) is 3. The number of unbranched alkanes of at least 4 members (excludes halogenated alkanes) is 1. The molecule has 1 N–H and O–H groups in total. The van der Waals surface area contributed by atoms with Gasteiger partial charge in [0.25, 0.3) is 0 Å². The summed E-state index contributed by atoms with van der Waals surface area (Å²) in [5, 5.41) is 9.79. The number of aryl methyl sites for hydroxylation is 1. The van der Waals surface area contributed by atoms with E-state index in [1.807, 2.05) is 6.92 Å². The Kier molecular flexibility index (Phi) is 4.08. The van der Waals surface area contributed by atoms with Crippen LogP contribution in [0, 0.1) is 0 Å². The third kappa shape index (κ3) is 2.39. The zero-order valence-electron chi connectivity index (χ0n) is 11.5. The van der Waals surface area contributed by atoms with Gasteiger partial charge in [0.15, 0.2) is 5.43 Å². The number of nitrogens with zero attached hydrogens (tertiary/aromatic N) is 1. The number of aromatic nitrogens is 1. The summed E-state index contributed by atoms with van der Waals surface area (Å²) in [6.07, 6.45) is 1.76. The van der Waals surface area contributed by atoms with Crippen LogP contribution in [0.25, 0.3) is 10.9 Å². The fourth-order valence-electron chi connectivity index (χ4n) is 2.29. The number of pyridine rings is 1. The minimum atomic E-state index is -1.11. The standard InChI is InChI=1S/C15H17NO4/c1-3-4-8-16-11(15(18)19)9-12(17)10-6-5-7-13(20-2)14(10)16/h5-7,9H,3-4,8H2,1-2H3,(H,18,19). The van der Waals surface area contributed by atoms with Crippen LogP contribution in [0.4, 0.5) is 0 Å². The number of ether oxygens (including phenoxy) is 1. The molecule has 20 heavy (non-hydrogen) atoms. The first kappa shape index (κ1) is 14.1. The smallest absolute Gasteiger partial charge is 0.352 e. The van der Waals surface area contributed by atoms with Crippen LogP contribution in [0.15, 0.2) is 29.1 Å². The molecule has 0 spiro atoms. The summed E-state index contributed by atoms with van der Waals surface area (Å²) in [5.74, 6) is -0.593. The summed E-state index contributed by atoms with van der Waals surface area (Å²) in [6, 6.07) is 6.33. The van der Waals surface area contributed by atoms with Crippen molar-refractivity contribution in [2.24, 2.45) is 0 Å². The van der Waals surface area contributed by atoms with E-state index in [9.17, 15) is 14.7 Å². The van der Waals surface area contributed by atoms with Crippen LogP contribution >= 0.6 is 0 Å². The van der Waals surface area contributed by atoms with Crippen molar-refractivity contribution in [2.75, 3.05) is 7.11 Å². The Labute approximate surface area is 116 Å². The molecule has 0 aliphatic carbocycles. The summed E-state index contributed by atoms with van der Waals surface area (Å²) >= 11 is 0. The molecule has 0 unspecified atom stereocenters. The van der Waals surface area contributed by atoms with Gasteiger partial charge in [0.2, 0.25) is 0 Å². The summed E-state index contributed by atoms with van der Waals surface area (Å²) in [6.45, 7) is 2.57. The highest BCUT2D eigenvalue weighted by Crippen LogP contribution is 2.25. The molecule has 0 bridgehead atoms. The van der Waals surface area contributed by atoms with E-state index in [0.717, 1.165) is 12.8 Å². The lowest BCUT2D eigenvalue weighted by molar-refractivity contribution is 0.0684. The molecule has 2 rings (SSSR count). The average molecular weight is 275 g/mol. The zero-order valence-corrected chi connectivity index (χ0v) is 11.5. The fourth-order valence-corrected chi connectivity index (χ4v) is 2.29. The third-order valence-corrected chi connectivity index (χ3v) is 3.27. The lowest BCUT2D eigenvalue weighted by Crippen LogP contribution is -2.18. The molecule has 1 heterocycles. The van der Waals surface area contributed by atoms with Crippen LogP contribution < -0.4 is 10.2 Å². The summed E-state index contributed by atoms with van der Waals surface area (Å²) < 4.78 is 6.94. The predicted molar refractivity (Wildman–Crippen MR) is 76.6 cm³/mol. The topological polar surface area (TPSA) is 68.5 Å². The second-order valence-corrected chi connectivity index (χ2v) is 4.56. The normalized spacial score (nSPS) is 10.7. The van der Waals surface area contributed by atoms with E-state index < -0.39 is 5.97 Å². The number of para-hydroxylation sites is 1. The van der Waals surface area contributed by atoms with Crippen molar-refractivity contribution in [3.8, 4) is 5.75 Å². The lowest BCUT2D eigenvalue weighted by atomic mass is 10.1. The van der Waals surface area contributed by atoms with Gasteiger partial charge in [0, 0.05) is 18.0 Å². The van der Waals surface area contributed by atoms with Gasteiger partial charge in [-0.3, -0.25) is 4.79 Å². The molecule has 1 aromatic carbocycles. The number of rotatable bonds is 5. The molecule has 0 saturated heterocycles. The molecule has 1 aromatic heterocycles. The van der Waals surface area contributed by atoms with Crippen LogP contribution in [-0.4, -0.2) is 22.8 Å². The number of carboxylic acid groups (broad SMARTS) is 1. The van der Waals surface area contributed by atoms with Gasteiger partial charge in [0.05, 0.1) is 12.6 Å². The zero-order chi connectivity index (χ0) is 14.7. The largest absolute Gasteiger partial charge is 0.495 e. The van der Waals surface area contributed by atoms with E-state index in [-0.39, 0.29) is 11.1 Å². The maximum absolute atomic E-state index is 12.1. The predicted octanol–water partition coefficient (Wildman–Crippen LogP) is 2.51. The first-order chi connectivity index (χ1) is 9.60. The lowest BCUT2D eigenvalue weighted by Gasteiger charge is -2.16. The van der Waals surface area contributed by atoms with Crippen LogP contribution in [0.5, 0.6) is 5.75 Å². The molecule has 5 nitrogen and oxygen atoms in total. The molecule has 2 aromatic rings. The van der Waals surface area contributed by atoms with E-state index in [4.69, 9.17) is 4.74 Å². The second-order valence-electron chi connectivity index (χ2n) is 4.56. The minimum Gasteiger partial charge on any atom is -0.495 e. The van der Waals surface area contributed by atoms with Gasteiger partial charge in [-0.1, -0.05) is 19.4 Å². The molecule has 0 aliphatic heterocycles. The average Bonchev–Trinajstić information content (AvgIpc) is 2.45. The number of aromatic carboxylic acids is 1. The van der Waals surface area contributed by atoms with Gasteiger partial charge in [0.1, 0.15) is 11.4 Å². The van der Waals surface area contributed by atoms with Gasteiger partial charge in [-0.2, -0.15) is 0 Å². The fraction of sp³-hybridized carbons (Fsp3) is 0.333. The Balaban J connectivity index is 2.86. The van der Waals surface area contributed by atoms with E-state index in [2.05, 4.69) is 0 Å². The van der Waals surface area contributed by atoms with Gasteiger partial charge in [-0.15, -0.1) is 0 Å². The van der Waals surface area contributed by atoms with Crippen LogP contribution in [-0.2, 0) is 6.54 Å². The first-order valence-corrected chi connectivity index (χ1v) is 6.54. The van der Waals surface area contributed by atoms with E-state index in [0.29, 0.717) is 23.2 Å². The van der Waals surface area contributed by atoms with Crippen molar-refractivity contribution in [1.29, 1.82) is 0 Å². The monoisotopic (exact) mass is 275 g/mol. The highest BCUT2D eigenvalue weighted by molar-refractivity contribution is 5.92. The van der Waals surface area contributed by atoms with Crippen molar-refractivity contribution in [2.45, 2.75) is 26.3 Å². The maximum Gasteiger partial charge on any atom is 0.352 e. The highest BCUT2D eigenvalue weighted by atomic mass is 16.5. The minimum absolute atomic E-state index is 0.000417. The number of methoxy groups -OCH3 is 1. The Hall–Kier alpha value is -2.30. The molecule has 0 fully saturated rings. The first-order valence-electron chi connectivity index (χ1n) is 6.54. The third-order valence-electron chi connectivity index (χ3n) is 3.27. The van der Waals surface area contributed by atoms with Crippen LogP contribution in [0.1, 0.15) is 30.3 Å². The van der Waals surface area contributed by atoms with E-state index >= 15 is 0 Å². The number of hydrogen-bond donors (Lipinski definition) is 1. The van der Waals surface area contributed by atoms with Crippen molar-refractivity contribution < 1.29 is 14.6 Å². The molecular weight excluding hydrogens is 258 g/mol. The van der Waals surface area contributed by atoms with Gasteiger partial charge in [-0.05, 0) is 18.6 Å². The van der Waals surface area contributed by atoms with E-state index in [1.165, 1.54) is 13.2 Å². The van der Waals surface area contributed by atoms with Gasteiger partial charge in [-0.25, -0.2) is 4.79 Å². The van der Waals surface area contributed by atoms with Crippen LogP contribution in [0.3, 0.4) is 0 Å². The number of benzene rings is 1. The Morgan fingerprint density at radius 3 is 2.75 bits per heavy atom. The molecule has 106 valence electrons. The van der Waals surface area contributed by atoms with Crippen LogP contribution in [0.2, 0.25) is 0 Å². The van der Waals surface area contributed by atoms with Crippen molar-refractivity contribution in [1.82, 2.24) is 4.57 Å². The molecule has 0 radical (unpaired) electrons. The van der Waals surface area contributed by atoms with Gasteiger partial charge >= 0.3 is 5.97 Å². The molecule has 0 saturated carbocycles. The Morgan fingerprint density at radius 2 is 2.15 bits per heavy atom. The van der Waals surface area contributed by atoms with Crippen molar-refractivity contribution in [3.05, 3.63) is 40.2 Å². The summed E-state index contributed by atoms with van der Waals surface area (Å²) in [7, 11) is 1.51. The SMILES string of the molecule is CCCCn1c(C(=O)O)cc(=O)c2cccc(OC)c21. The Bertz CT molecular complexity index is 703. The number of fused-ring (bicyclic) bond motifs is 1. The Morgan fingerprint density at radius 1 is 1.40 bits per heavy atom. The maximum atomic E-state index is 12.1. The summed E-state index contributed by atoms with van der Waals surface area (Å²) in [4.78, 5) is 23.4. The summed E-state index contributed by atoms with van der Waals surface area (Å²) in [5.41, 5.74) is 0.248. The second kappa shape index (κ2) is 5.77. The molecule has 0 amide bonds. The molecular formula is C15H17NO4. The molecule has 0 atom stereocenters. The molecule has 5 heteroatoms. The van der Waals surface area contributed by atoms with Gasteiger partial charge < -0.3 is 14.4 Å². The van der Waals surface area contributed by atoms with Crippen molar-refractivity contribution >= 4 is 16.9 Å². The number of carboxylic acids is 1. The highest BCUT2D eigenvalue weighted by Gasteiger charge is 2.16.